The number of nitrogens with two attached hydrogens (primary N) is 1. The van der Waals surface area contributed by atoms with E-state index in [0.29, 0.717) is 0 Å². The van der Waals surface area contributed by atoms with Crippen LogP contribution in [0.3, 0.4) is 0 Å². The van der Waals surface area contributed by atoms with Gasteiger partial charge in [0.1, 0.15) is 12.3 Å². The zero-order valence-electron chi connectivity index (χ0n) is 17.9. The van der Waals surface area contributed by atoms with Gasteiger partial charge in [-0.3, -0.25) is 28.0 Å². The molecule has 0 spiro atoms. The molecule has 3 heterocycles. The van der Waals surface area contributed by atoms with Crippen LogP contribution in [0.1, 0.15) is 12.6 Å². The molecule has 0 bridgehead atoms. The van der Waals surface area contributed by atoms with Crippen LogP contribution in [0.15, 0.2) is 11.1 Å². The molecule has 2 aromatic rings. The van der Waals surface area contributed by atoms with E-state index in [9.17, 15) is 38.3 Å². The number of anilines is 1. The van der Waals surface area contributed by atoms with Gasteiger partial charge in [0.25, 0.3) is 29.0 Å². The summed E-state index contributed by atoms with van der Waals surface area (Å²) >= 11 is 0. The minimum absolute atomic E-state index is 0. The van der Waals surface area contributed by atoms with Gasteiger partial charge in [-0.15, -0.1) is 0 Å². The van der Waals surface area contributed by atoms with Gasteiger partial charge >= 0.3 is 88.7 Å². The molecule has 1 aliphatic heterocycles. The molecular weight excluding hydrogens is 560 g/mol. The number of nitrogens with one attached hydrogen (secondary N) is 1. The number of phosphoric acid groups is 3. The number of ether oxygens (including phenoxy) is 1. The second-order valence-electron chi connectivity index (χ2n) is 6.03. The normalized spacial score (nSPS) is 25.1. The number of nitrogen functional groups attached to an aromatic ring is 1. The topological polar surface area (TPSA) is 287 Å². The Morgan fingerprint density at radius 1 is 1.21 bits per heavy atom. The van der Waals surface area contributed by atoms with Crippen molar-refractivity contribution >= 4 is 40.6 Å². The maximum atomic E-state index is 11.8. The largest absolute Gasteiger partial charge is 1.00 e. The van der Waals surface area contributed by atoms with Gasteiger partial charge in [0.15, 0.2) is 11.2 Å². The quantitative estimate of drug-likeness (QED) is 0.168. The monoisotopic (exact) mass is 573 g/mol. The van der Waals surface area contributed by atoms with Crippen molar-refractivity contribution < 1.29 is 145 Å². The Labute approximate surface area is 256 Å². The number of hydrogen-bond donors (Lipinski definition) is 4. The number of nitrogens with zero attached hydrogens (tertiary/aromatic N) is 3. The molecule has 2 aromatic heterocycles. The predicted octanol–water partition coefficient (Wildman–Crippen LogP) is -12.2. The molecule has 18 nitrogen and oxygen atoms in total. The van der Waals surface area contributed by atoms with Crippen molar-refractivity contribution in [2.45, 2.75) is 24.9 Å². The molecule has 0 amide bonds. The zero-order valence-corrected chi connectivity index (χ0v) is 26.6. The predicted molar refractivity (Wildman–Crippen MR) is 90.3 cm³/mol. The summed E-state index contributed by atoms with van der Waals surface area (Å²) in [5.74, 6) is -0.211. The average Bonchev–Trinajstić information content (AvgIpc) is 3.13. The van der Waals surface area contributed by atoms with Crippen molar-refractivity contribution in [3.63, 3.8) is 0 Å². The maximum Gasteiger partial charge on any atom is 1.00 e. The Kier molecular flexibility index (Phi) is 14.1. The van der Waals surface area contributed by atoms with E-state index in [1.807, 2.05) is 0 Å². The van der Waals surface area contributed by atoms with E-state index < -0.39 is 54.1 Å². The molecule has 1 aliphatic rings. The Bertz CT molecular complexity index is 1190. The van der Waals surface area contributed by atoms with Crippen LogP contribution in [0.25, 0.3) is 11.2 Å². The van der Waals surface area contributed by atoms with Crippen molar-refractivity contribution in [3.8, 4) is 0 Å². The third-order valence-corrected chi connectivity index (χ3v) is 7.46. The van der Waals surface area contributed by atoms with Gasteiger partial charge in [-0.25, -0.2) is 13.6 Å². The number of imidazole rings is 1. The SMILES string of the molecule is Nc1nc2c(ncn2C2C[C@@H](O)C(COP(=O)([O-])OP(=O)([O-])OP(=O)([O-])O)O2)c(=O)[nH]1.[Na+].[Na+].[Na+]. The fraction of sp³-hybridized carbons (Fsp3) is 0.500. The molecule has 34 heavy (non-hydrogen) atoms. The van der Waals surface area contributed by atoms with Crippen molar-refractivity contribution in [1.29, 1.82) is 0 Å². The van der Waals surface area contributed by atoms with E-state index in [-0.39, 0.29) is 112 Å². The molecule has 0 aromatic carbocycles. The number of phosphoric ester groups is 1. The van der Waals surface area contributed by atoms with Gasteiger partial charge in [0.05, 0.1) is 19.0 Å². The number of hydrogen-bond acceptors (Lipinski definition) is 15. The van der Waals surface area contributed by atoms with E-state index >= 15 is 0 Å². The first kappa shape index (κ1) is 35.5. The molecule has 1 fully saturated rings. The standard InChI is InChI=1S/C10H16N5O13P3.3Na/c11-10-13-8-7(9(17)14-10)12-3-15(8)6-1-4(16)5(26-6)2-25-30(21,22)28-31(23,24)27-29(18,19)20;;;/h3-6,16H,1-2H2,(H,21,22)(H,23,24)(H2,18,19,20)(H3,11,13,14,17);;;/q;3*+1/p-3/t4-,5?,6?;;;/m1.../s1. The Hall–Kier alpha value is 1.48. The van der Waals surface area contributed by atoms with E-state index in [1.54, 1.807) is 0 Å². The van der Waals surface area contributed by atoms with E-state index in [1.165, 1.54) is 10.9 Å². The van der Waals surface area contributed by atoms with Gasteiger partial charge in [0, 0.05) is 6.42 Å². The van der Waals surface area contributed by atoms with Gasteiger partial charge in [-0.2, -0.15) is 4.98 Å². The third-order valence-electron chi connectivity index (χ3n) is 3.77. The molecule has 5 N–H and O–H groups in total. The first-order valence-electron chi connectivity index (χ1n) is 7.95. The number of aliphatic hydroxyl groups is 1. The summed E-state index contributed by atoms with van der Waals surface area (Å²) in [6.07, 6.45) is -2.59. The smallest absolute Gasteiger partial charge is 0.756 e. The van der Waals surface area contributed by atoms with Gasteiger partial charge < -0.3 is 39.7 Å². The van der Waals surface area contributed by atoms with Crippen LogP contribution in [0.5, 0.6) is 0 Å². The summed E-state index contributed by atoms with van der Waals surface area (Å²) in [4.78, 5) is 63.3. The molecule has 1 saturated heterocycles. The number of aromatic nitrogens is 4. The van der Waals surface area contributed by atoms with Crippen LogP contribution in [0.4, 0.5) is 5.95 Å². The molecule has 174 valence electrons. The van der Waals surface area contributed by atoms with Crippen LogP contribution >= 0.6 is 23.5 Å². The summed E-state index contributed by atoms with van der Waals surface area (Å²) in [6, 6.07) is 0. The second-order valence-corrected chi connectivity index (χ2v) is 10.3. The van der Waals surface area contributed by atoms with Crippen LogP contribution in [-0.2, 0) is 31.6 Å². The molecule has 0 aliphatic carbocycles. The van der Waals surface area contributed by atoms with Gasteiger partial charge in [-0.1, -0.05) is 0 Å². The summed E-state index contributed by atoms with van der Waals surface area (Å²) in [5, 5.41) is 10.1. The summed E-state index contributed by atoms with van der Waals surface area (Å²) in [6.45, 7) is -0.949. The molecule has 3 rings (SSSR count). The van der Waals surface area contributed by atoms with Gasteiger partial charge in [-0.05, 0) is 0 Å². The van der Waals surface area contributed by atoms with Crippen molar-refractivity contribution in [2.24, 2.45) is 0 Å². The number of H-pyrrole nitrogens is 1. The van der Waals surface area contributed by atoms with Crippen LogP contribution in [0, 0.1) is 0 Å². The fourth-order valence-corrected chi connectivity index (χ4v) is 5.54. The minimum atomic E-state index is -6.05. The van der Waals surface area contributed by atoms with Gasteiger partial charge in [0.2, 0.25) is 5.95 Å². The van der Waals surface area contributed by atoms with Crippen LogP contribution in [0.2, 0.25) is 0 Å². The molecule has 5 unspecified atom stereocenters. The van der Waals surface area contributed by atoms with Crippen molar-refractivity contribution in [3.05, 3.63) is 16.7 Å². The fourth-order valence-electron chi connectivity index (χ4n) is 2.64. The first-order valence-corrected chi connectivity index (χ1v) is 12.4. The Morgan fingerprint density at radius 2 is 1.82 bits per heavy atom. The molecule has 0 saturated carbocycles. The van der Waals surface area contributed by atoms with E-state index in [2.05, 4.69) is 28.1 Å². The maximum absolute atomic E-state index is 11.8. The first-order chi connectivity index (χ1) is 14.2. The molecule has 24 heteroatoms. The van der Waals surface area contributed by atoms with Crippen molar-refractivity contribution in [1.82, 2.24) is 19.5 Å². The summed E-state index contributed by atoms with van der Waals surface area (Å²) in [5.41, 5.74) is 4.80. The number of rotatable bonds is 8. The second kappa shape index (κ2) is 13.5. The molecule has 0 radical (unpaired) electrons. The number of fused-ring (bicyclic) bond motifs is 1. The molecular formula is C10H13N5Na3O13P3. The van der Waals surface area contributed by atoms with Crippen LogP contribution in [-0.4, -0.2) is 48.3 Å². The zero-order chi connectivity index (χ0) is 23.2. The average molecular weight is 573 g/mol. The number of aliphatic hydroxyl groups excluding tert-OH is 1. The minimum Gasteiger partial charge on any atom is -0.756 e. The van der Waals surface area contributed by atoms with Crippen molar-refractivity contribution in [2.75, 3.05) is 12.3 Å². The molecule has 6 atom stereocenters. The summed E-state index contributed by atoms with van der Waals surface area (Å²) < 4.78 is 50.8. The summed E-state index contributed by atoms with van der Waals surface area (Å²) in [7, 11) is -17.6. The third kappa shape index (κ3) is 9.66. The Morgan fingerprint density at radius 3 is 2.41 bits per heavy atom. The van der Waals surface area contributed by atoms with E-state index in [0.717, 1.165) is 0 Å². The Balaban J connectivity index is 0.00000363. The number of aromatic amines is 1. The van der Waals surface area contributed by atoms with E-state index in [4.69, 9.17) is 15.4 Å². The van der Waals surface area contributed by atoms with Crippen LogP contribution < -0.4 is 115 Å².